The number of benzene rings is 1. The summed E-state index contributed by atoms with van der Waals surface area (Å²) >= 11 is 0. The summed E-state index contributed by atoms with van der Waals surface area (Å²) < 4.78 is 53.9. The van der Waals surface area contributed by atoms with Crippen LogP contribution in [0.25, 0.3) is 5.82 Å². The van der Waals surface area contributed by atoms with E-state index in [-0.39, 0.29) is 17.9 Å². The Morgan fingerprint density at radius 3 is 2.54 bits per heavy atom. The molecule has 0 bridgehead atoms. The van der Waals surface area contributed by atoms with Gasteiger partial charge in [0, 0.05) is 12.2 Å². The third-order valence-corrected chi connectivity index (χ3v) is 3.69. The molecule has 1 aromatic carbocycles. The highest BCUT2D eigenvalue weighted by Crippen LogP contribution is 2.32. The molecule has 0 aliphatic carbocycles. The largest absolute Gasteiger partial charge is 0.416 e. The number of halogens is 4. The lowest BCUT2D eigenvalue weighted by molar-refractivity contribution is -0.138. The predicted octanol–water partition coefficient (Wildman–Crippen LogP) is 4.05. The van der Waals surface area contributed by atoms with Gasteiger partial charge in [0.25, 0.3) is 0 Å². The van der Waals surface area contributed by atoms with Crippen LogP contribution in [0.1, 0.15) is 22.5 Å². The van der Waals surface area contributed by atoms with Crippen molar-refractivity contribution in [3.63, 3.8) is 0 Å². The van der Waals surface area contributed by atoms with Crippen LogP contribution in [0.2, 0.25) is 0 Å². The molecule has 9 heteroatoms. The van der Waals surface area contributed by atoms with E-state index >= 15 is 0 Å². The van der Waals surface area contributed by atoms with Crippen molar-refractivity contribution in [3.05, 3.63) is 65.0 Å². The molecule has 0 aliphatic heterocycles. The average Bonchev–Trinajstić information content (AvgIpc) is 2.91. The molecule has 2 aromatic heterocycles. The van der Waals surface area contributed by atoms with Crippen LogP contribution in [0.15, 0.2) is 36.7 Å². The molecule has 0 aliphatic rings. The second-order valence-corrected chi connectivity index (χ2v) is 5.75. The maximum Gasteiger partial charge on any atom is 0.416 e. The van der Waals surface area contributed by atoms with Crippen molar-refractivity contribution in [1.29, 1.82) is 0 Å². The lowest BCUT2D eigenvalue weighted by atomic mass is 10.1. The van der Waals surface area contributed by atoms with E-state index < -0.39 is 17.6 Å². The van der Waals surface area contributed by atoms with Crippen LogP contribution in [-0.4, -0.2) is 19.7 Å². The number of rotatable bonds is 4. The molecule has 0 saturated carbocycles. The molecule has 0 radical (unpaired) electrons. The summed E-state index contributed by atoms with van der Waals surface area (Å²) in [5.74, 6) is -0.212. The van der Waals surface area contributed by atoms with Crippen LogP contribution in [0.3, 0.4) is 0 Å². The van der Waals surface area contributed by atoms with Crippen molar-refractivity contribution in [2.24, 2.45) is 0 Å². The molecule has 136 valence electrons. The van der Waals surface area contributed by atoms with Gasteiger partial charge in [-0.25, -0.2) is 14.1 Å². The van der Waals surface area contributed by atoms with Gasteiger partial charge in [0.15, 0.2) is 5.82 Å². The Kier molecular flexibility index (Phi) is 4.62. The van der Waals surface area contributed by atoms with E-state index in [1.165, 1.54) is 12.4 Å². The van der Waals surface area contributed by atoms with Crippen LogP contribution < -0.4 is 5.32 Å². The Hall–Kier alpha value is -2.97. The molecule has 26 heavy (non-hydrogen) atoms. The van der Waals surface area contributed by atoms with Gasteiger partial charge in [0.2, 0.25) is 0 Å². The molecule has 0 amide bonds. The van der Waals surface area contributed by atoms with Crippen LogP contribution in [0.5, 0.6) is 0 Å². The first-order valence-electron chi connectivity index (χ1n) is 7.69. The number of aromatic nitrogens is 4. The van der Waals surface area contributed by atoms with Gasteiger partial charge >= 0.3 is 6.18 Å². The van der Waals surface area contributed by atoms with Gasteiger partial charge in [0.05, 0.1) is 23.7 Å². The lowest BCUT2D eigenvalue weighted by Crippen LogP contribution is -2.13. The predicted molar refractivity (Wildman–Crippen MR) is 87.4 cm³/mol. The number of hydrogen-bond donors (Lipinski definition) is 1. The zero-order chi connectivity index (χ0) is 18.9. The molecule has 0 atom stereocenters. The van der Waals surface area contributed by atoms with Crippen LogP contribution in [0, 0.1) is 19.7 Å². The Morgan fingerprint density at radius 2 is 1.88 bits per heavy atom. The fourth-order valence-electron chi connectivity index (χ4n) is 2.56. The maximum atomic E-state index is 13.2. The van der Waals surface area contributed by atoms with Crippen molar-refractivity contribution in [2.45, 2.75) is 26.6 Å². The first kappa shape index (κ1) is 17.8. The van der Waals surface area contributed by atoms with Gasteiger partial charge in [-0.15, -0.1) is 0 Å². The first-order chi connectivity index (χ1) is 12.2. The summed E-state index contributed by atoms with van der Waals surface area (Å²) in [5.41, 5.74) is 0.556. The fraction of sp³-hybridized carbons (Fsp3) is 0.235. The summed E-state index contributed by atoms with van der Waals surface area (Å²) in [7, 11) is 0. The first-order valence-corrected chi connectivity index (χ1v) is 7.69. The molecule has 0 fully saturated rings. The Morgan fingerprint density at radius 1 is 1.12 bits per heavy atom. The number of anilines is 1. The summed E-state index contributed by atoms with van der Waals surface area (Å²) in [6, 6.07) is 4.44. The zero-order valence-electron chi connectivity index (χ0n) is 14.0. The number of alkyl halides is 3. The summed E-state index contributed by atoms with van der Waals surface area (Å²) in [4.78, 5) is 8.35. The monoisotopic (exact) mass is 365 g/mol. The molecule has 3 rings (SSSR count). The van der Waals surface area contributed by atoms with E-state index in [4.69, 9.17) is 0 Å². The zero-order valence-corrected chi connectivity index (χ0v) is 14.0. The second-order valence-electron chi connectivity index (χ2n) is 5.75. The molecule has 0 saturated heterocycles. The third-order valence-electron chi connectivity index (χ3n) is 3.69. The van der Waals surface area contributed by atoms with Gasteiger partial charge < -0.3 is 5.32 Å². The SMILES string of the molecule is Cc1cc(C)n(-c2cncc(NCc3ccc(F)cc3C(F)(F)F)n2)n1. The summed E-state index contributed by atoms with van der Waals surface area (Å²) in [6.07, 6.45) is -1.74. The molecule has 3 aromatic rings. The molecule has 1 N–H and O–H groups in total. The number of nitrogens with one attached hydrogen (secondary N) is 1. The van der Waals surface area contributed by atoms with Gasteiger partial charge in [-0.3, -0.25) is 4.98 Å². The number of nitrogens with zero attached hydrogens (tertiary/aromatic N) is 4. The minimum Gasteiger partial charge on any atom is -0.365 e. The van der Waals surface area contributed by atoms with Gasteiger partial charge in [-0.1, -0.05) is 6.07 Å². The lowest BCUT2D eigenvalue weighted by Gasteiger charge is -2.14. The molecule has 5 nitrogen and oxygen atoms in total. The smallest absolute Gasteiger partial charge is 0.365 e. The molecule has 2 heterocycles. The number of hydrogen-bond acceptors (Lipinski definition) is 4. The fourth-order valence-corrected chi connectivity index (χ4v) is 2.56. The van der Waals surface area contributed by atoms with Crippen molar-refractivity contribution >= 4 is 5.82 Å². The normalized spacial score (nSPS) is 11.6. The number of aryl methyl sites for hydroxylation is 2. The molecular formula is C17H15F4N5. The van der Waals surface area contributed by atoms with Crippen LogP contribution in [-0.2, 0) is 12.7 Å². The summed E-state index contributed by atoms with van der Waals surface area (Å²) in [6.45, 7) is 3.52. The highest BCUT2D eigenvalue weighted by molar-refractivity contribution is 5.39. The van der Waals surface area contributed by atoms with Crippen LogP contribution >= 0.6 is 0 Å². The van der Waals surface area contributed by atoms with E-state index in [0.29, 0.717) is 11.9 Å². The minimum absolute atomic E-state index is 0.0859. The Balaban J connectivity index is 1.83. The molecule has 0 spiro atoms. The van der Waals surface area contributed by atoms with E-state index in [9.17, 15) is 17.6 Å². The van der Waals surface area contributed by atoms with Crippen LogP contribution in [0.4, 0.5) is 23.4 Å². The van der Waals surface area contributed by atoms with Crippen molar-refractivity contribution < 1.29 is 17.6 Å². The average molecular weight is 365 g/mol. The van der Waals surface area contributed by atoms with E-state index in [2.05, 4.69) is 20.4 Å². The quantitative estimate of drug-likeness (QED) is 0.709. The van der Waals surface area contributed by atoms with E-state index in [1.807, 2.05) is 19.9 Å². The van der Waals surface area contributed by atoms with Gasteiger partial charge in [-0.2, -0.15) is 18.3 Å². The van der Waals surface area contributed by atoms with Crippen molar-refractivity contribution in [3.8, 4) is 5.82 Å². The topological polar surface area (TPSA) is 55.6 Å². The second kappa shape index (κ2) is 6.74. The van der Waals surface area contributed by atoms with Gasteiger partial charge in [-0.05, 0) is 37.6 Å². The van der Waals surface area contributed by atoms with E-state index in [0.717, 1.165) is 23.5 Å². The molecular weight excluding hydrogens is 350 g/mol. The standard InChI is InChI=1S/C17H15F4N5/c1-10-5-11(2)26(25-10)16-9-22-8-15(24-16)23-7-12-3-4-13(18)6-14(12)17(19,20)21/h3-6,8-9H,7H2,1-2H3,(H,23,24). The van der Waals surface area contributed by atoms with Crippen molar-refractivity contribution in [2.75, 3.05) is 5.32 Å². The Labute approximate surface area is 146 Å². The van der Waals surface area contributed by atoms with E-state index in [1.54, 1.807) is 4.68 Å². The third kappa shape index (κ3) is 3.81. The summed E-state index contributed by atoms with van der Waals surface area (Å²) in [5, 5.41) is 7.08. The highest BCUT2D eigenvalue weighted by atomic mass is 19.4. The minimum atomic E-state index is -4.64. The van der Waals surface area contributed by atoms with Gasteiger partial charge in [0.1, 0.15) is 11.6 Å². The highest BCUT2D eigenvalue weighted by Gasteiger charge is 2.33. The Bertz CT molecular complexity index is 933. The molecule has 0 unspecified atom stereocenters. The maximum absolute atomic E-state index is 13.2. The van der Waals surface area contributed by atoms with Crippen molar-refractivity contribution in [1.82, 2.24) is 19.7 Å².